The number of aromatic amines is 1. The summed E-state index contributed by atoms with van der Waals surface area (Å²) in [5, 5.41) is 6.97. The molecule has 0 fully saturated rings. The van der Waals surface area contributed by atoms with Gasteiger partial charge in [0.1, 0.15) is 0 Å². The number of nitrogens with one attached hydrogen (secondary N) is 1. The molecule has 0 spiro atoms. The van der Waals surface area contributed by atoms with Crippen LogP contribution in [0.5, 0.6) is 0 Å². The van der Waals surface area contributed by atoms with E-state index in [0.29, 0.717) is 12.3 Å². The summed E-state index contributed by atoms with van der Waals surface area (Å²) in [6.07, 6.45) is 1.61. The first-order valence-corrected chi connectivity index (χ1v) is 4.25. The molecule has 3 nitrogen and oxygen atoms in total. The summed E-state index contributed by atoms with van der Waals surface area (Å²) in [7, 11) is 0. The number of carbonyl (C=O) groups is 1. The van der Waals surface area contributed by atoms with Gasteiger partial charge in [0.25, 0.3) is 0 Å². The zero-order valence-electron chi connectivity index (χ0n) is 7.35. The normalized spacial score (nSPS) is 22.5. The summed E-state index contributed by atoms with van der Waals surface area (Å²) in [6.45, 7) is 3.99. The van der Waals surface area contributed by atoms with Crippen LogP contribution in [-0.4, -0.2) is 16.0 Å². The first-order chi connectivity index (χ1) is 5.68. The van der Waals surface area contributed by atoms with Crippen molar-refractivity contribution in [1.29, 1.82) is 0 Å². The molecule has 1 atom stereocenters. The van der Waals surface area contributed by atoms with Gasteiger partial charge in [-0.25, -0.2) is 0 Å². The fraction of sp³-hybridized carbons (Fsp3) is 0.556. The molecule has 1 aromatic heterocycles. The van der Waals surface area contributed by atoms with Crippen LogP contribution < -0.4 is 0 Å². The van der Waals surface area contributed by atoms with Crippen LogP contribution in [0, 0.1) is 12.8 Å². The number of ketones is 1. The number of H-pyrrole nitrogens is 1. The summed E-state index contributed by atoms with van der Waals surface area (Å²) in [4.78, 5) is 11.5. The Morgan fingerprint density at radius 1 is 1.50 bits per heavy atom. The lowest BCUT2D eigenvalue weighted by Crippen LogP contribution is -2.17. The van der Waals surface area contributed by atoms with Crippen molar-refractivity contribution in [2.24, 2.45) is 5.92 Å². The molecule has 2 rings (SSSR count). The first-order valence-electron chi connectivity index (χ1n) is 4.25. The second kappa shape index (κ2) is 2.44. The van der Waals surface area contributed by atoms with E-state index < -0.39 is 0 Å². The number of carbonyl (C=O) groups excluding carboxylic acids is 1. The maximum absolute atomic E-state index is 11.5. The van der Waals surface area contributed by atoms with E-state index in [1.807, 2.05) is 6.92 Å². The highest BCUT2D eigenvalue weighted by molar-refractivity contribution is 5.99. The van der Waals surface area contributed by atoms with E-state index in [4.69, 9.17) is 0 Å². The lowest BCUT2D eigenvalue weighted by molar-refractivity contribution is 0.0952. The summed E-state index contributed by atoms with van der Waals surface area (Å²) in [6, 6.07) is 0. The molecule has 1 aliphatic carbocycles. The van der Waals surface area contributed by atoms with Gasteiger partial charge in [-0.05, 0) is 19.3 Å². The van der Waals surface area contributed by atoms with Crippen molar-refractivity contribution >= 4 is 5.78 Å². The molecule has 0 unspecified atom stereocenters. The van der Waals surface area contributed by atoms with E-state index in [1.54, 1.807) is 0 Å². The molecule has 3 heteroatoms. The van der Waals surface area contributed by atoms with E-state index in [1.165, 1.54) is 0 Å². The molecule has 1 N–H and O–H groups in total. The van der Waals surface area contributed by atoms with Crippen molar-refractivity contribution < 1.29 is 4.79 Å². The third-order valence-electron chi connectivity index (χ3n) is 2.38. The SMILES string of the molecule is Cc1[nH]nc2c1C(=O)C[C@@H](C)C2. The lowest BCUT2D eigenvalue weighted by atomic mass is 9.87. The van der Waals surface area contributed by atoms with Gasteiger partial charge >= 0.3 is 0 Å². The second-order valence-corrected chi connectivity index (χ2v) is 3.61. The molecule has 12 heavy (non-hydrogen) atoms. The lowest BCUT2D eigenvalue weighted by Gasteiger charge is -2.15. The Bertz CT molecular complexity index is 327. The van der Waals surface area contributed by atoms with Crippen LogP contribution in [0.2, 0.25) is 0 Å². The number of nitrogens with zero attached hydrogens (tertiary/aromatic N) is 1. The fourth-order valence-electron chi connectivity index (χ4n) is 1.82. The van der Waals surface area contributed by atoms with Crippen LogP contribution >= 0.6 is 0 Å². The van der Waals surface area contributed by atoms with E-state index in [2.05, 4.69) is 17.1 Å². The average molecular weight is 164 g/mol. The third kappa shape index (κ3) is 0.967. The van der Waals surface area contributed by atoms with Gasteiger partial charge in [-0.2, -0.15) is 5.10 Å². The predicted molar refractivity (Wildman–Crippen MR) is 45.1 cm³/mol. The molecule has 64 valence electrons. The van der Waals surface area contributed by atoms with E-state index >= 15 is 0 Å². The van der Waals surface area contributed by atoms with Gasteiger partial charge in [0.2, 0.25) is 0 Å². The highest BCUT2D eigenvalue weighted by Gasteiger charge is 2.26. The van der Waals surface area contributed by atoms with Crippen molar-refractivity contribution in [2.75, 3.05) is 0 Å². The van der Waals surface area contributed by atoms with Gasteiger partial charge in [0.05, 0.1) is 11.3 Å². The van der Waals surface area contributed by atoms with Crippen LogP contribution in [-0.2, 0) is 6.42 Å². The molecule has 0 saturated heterocycles. The van der Waals surface area contributed by atoms with E-state index in [9.17, 15) is 4.79 Å². The van der Waals surface area contributed by atoms with Crippen LogP contribution in [0.1, 0.15) is 35.1 Å². The molecule has 0 aromatic carbocycles. The fourth-order valence-corrected chi connectivity index (χ4v) is 1.82. The van der Waals surface area contributed by atoms with Crippen LogP contribution in [0.3, 0.4) is 0 Å². The maximum atomic E-state index is 11.5. The number of rotatable bonds is 0. The van der Waals surface area contributed by atoms with Crippen molar-refractivity contribution in [3.63, 3.8) is 0 Å². The Kier molecular flexibility index (Phi) is 1.53. The molecule has 0 aliphatic heterocycles. The molecular weight excluding hydrogens is 152 g/mol. The number of aryl methyl sites for hydroxylation is 1. The van der Waals surface area contributed by atoms with E-state index in [-0.39, 0.29) is 5.78 Å². The minimum Gasteiger partial charge on any atom is -0.294 e. The van der Waals surface area contributed by atoms with Gasteiger partial charge in [0.15, 0.2) is 5.78 Å². The molecule has 1 heterocycles. The molecule has 1 aromatic rings. The zero-order chi connectivity index (χ0) is 8.72. The Morgan fingerprint density at radius 3 is 3.00 bits per heavy atom. The summed E-state index contributed by atoms with van der Waals surface area (Å²) in [5.74, 6) is 0.697. The number of hydrogen-bond acceptors (Lipinski definition) is 2. The zero-order valence-corrected chi connectivity index (χ0v) is 7.35. The number of fused-ring (bicyclic) bond motifs is 1. The maximum Gasteiger partial charge on any atom is 0.166 e. The van der Waals surface area contributed by atoms with Crippen molar-refractivity contribution in [2.45, 2.75) is 26.7 Å². The van der Waals surface area contributed by atoms with Gasteiger partial charge < -0.3 is 0 Å². The van der Waals surface area contributed by atoms with Crippen molar-refractivity contribution in [3.8, 4) is 0 Å². The first kappa shape index (κ1) is 7.53. The standard InChI is InChI=1S/C9H12N2O/c1-5-3-7-9(8(12)4-5)6(2)10-11-7/h5H,3-4H2,1-2H3,(H,10,11)/t5-/m0/s1. The molecule has 0 saturated carbocycles. The Labute approximate surface area is 71.2 Å². The number of hydrogen-bond donors (Lipinski definition) is 1. The predicted octanol–water partition coefficient (Wildman–Crippen LogP) is 1.48. The topological polar surface area (TPSA) is 45.8 Å². The van der Waals surface area contributed by atoms with Gasteiger partial charge in [0, 0.05) is 12.1 Å². The minimum absolute atomic E-state index is 0.245. The van der Waals surface area contributed by atoms with Crippen LogP contribution in [0.25, 0.3) is 0 Å². The minimum atomic E-state index is 0.245. The summed E-state index contributed by atoms with van der Waals surface area (Å²) in [5.41, 5.74) is 2.71. The monoisotopic (exact) mass is 164 g/mol. The van der Waals surface area contributed by atoms with Gasteiger partial charge in [-0.1, -0.05) is 6.92 Å². The van der Waals surface area contributed by atoms with E-state index in [0.717, 1.165) is 23.4 Å². The molecule has 0 bridgehead atoms. The molecular formula is C9H12N2O. The average Bonchev–Trinajstić information content (AvgIpc) is 2.31. The van der Waals surface area contributed by atoms with Gasteiger partial charge in [-0.15, -0.1) is 0 Å². The second-order valence-electron chi connectivity index (χ2n) is 3.61. The smallest absolute Gasteiger partial charge is 0.166 e. The molecule has 0 amide bonds. The van der Waals surface area contributed by atoms with Crippen LogP contribution in [0.4, 0.5) is 0 Å². The highest BCUT2D eigenvalue weighted by Crippen LogP contribution is 2.25. The summed E-state index contributed by atoms with van der Waals surface area (Å²) < 4.78 is 0. The number of Topliss-reactive ketones (excluding diaryl/α,β-unsaturated/α-hetero) is 1. The van der Waals surface area contributed by atoms with Crippen molar-refractivity contribution in [1.82, 2.24) is 10.2 Å². The largest absolute Gasteiger partial charge is 0.294 e. The Morgan fingerprint density at radius 2 is 2.25 bits per heavy atom. The third-order valence-corrected chi connectivity index (χ3v) is 2.38. The highest BCUT2D eigenvalue weighted by atomic mass is 16.1. The number of aromatic nitrogens is 2. The summed E-state index contributed by atoms with van der Waals surface area (Å²) >= 11 is 0. The Hall–Kier alpha value is -1.12. The quantitative estimate of drug-likeness (QED) is 0.631. The van der Waals surface area contributed by atoms with Gasteiger partial charge in [-0.3, -0.25) is 9.89 Å². The van der Waals surface area contributed by atoms with Crippen LogP contribution in [0.15, 0.2) is 0 Å². The Balaban J connectivity index is 2.50. The molecule has 1 aliphatic rings. The van der Waals surface area contributed by atoms with Crippen molar-refractivity contribution in [3.05, 3.63) is 17.0 Å². The molecule has 0 radical (unpaired) electrons.